The molecular weight excluding hydrogens is 435 g/mol. The van der Waals surface area contributed by atoms with Crippen LogP contribution in [0.2, 0.25) is 0 Å². The Labute approximate surface area is 204 Å². The fourth-order valence-corrected chi connectivity index (χ4v) is 8.93. The fraction of sp³-hybridized carbons (Fsp3) is 0.167. The highest BCUT2D eigenvalue weighted by molar-refractivity contribution is 7.97. The molecule has 0 aliphatic heterocycles. The van der Waals surface area contributed by atoms with Crippen LogP contribution in [0.15, 0.2) is 121 Å². The summed E-state index contributed by atoms with van der Waals surface area (Å²) < 4.78 is 2.38. The standard InChI is InChI=1S/C30H32N2OP/c1-3-31(4-2)30(33)25-32(26-17-9-5-10-18-26)34(27-19-11-6-12-20-27,28-21-13-7-14-22-28)29-23-15-8-16-24-29/h5-24H,3-4,25H2,1-2H3/q+1. The van der Waals surface area contributed by atoms with Gasteiger partial charge in [-0.2, -0.15) is 0 Å². The van der Waals surface area contributed by atoms with Gasteiger partial charge >= 0.3 is 0 Å². The summed E-state index contributed by atoms with van der Waals surface area (Å²) in [5.41, 5.74) is 1.05. The van der Waals surface area contributed by atoms with Gasteiger partial charge < -0.3 is 4.90 Å². The van der Waals surface area contributed by atoms with Gasteiger partial charge in [-0.15, -0.1) is 0 Å². The van der Waals surface area contributed by atoms with Crippen LogP contribution < -0.4 is 20.6 Å². The van der Waals surface area contributed by atoms with Crippen molar-refractivity contribution in [1.29, 1.82) is 0 Å². The zero-order valence-corrected chi connectivity index (χ0v) is 20.8. The quantitative estimate of drug-likeness (QED) is 0.313. The number of rotatable bonds is 9. The molecule has 0 aliphatic rings. The lowest BCUT2D eigenvalue weighted by atomic mass is 10.3. The van der Waals surface area contributed by atoms with Crippen LogP contribution in [0.25, 0.3) is 0 Å². The van der Waals surface area contributed by atoms with Crippen molar-refractivity contribution in [3.05, 3.63) is 121 Å². The average Bonchev–Trinajstić information content (AvgIpc) is 2.91. The van der Waals surface area contributed by atoms with Gasteiger partial charge in [-0.3, -0.25) is 4.79 Å². The molecule has 0 bridgehead atoms. The smallest absolute Gasteiger partial charge is 0.245 e. The summed E-state index contributed by atoms with van der Waals surface area (Å²) >= 11 is 0. The summed E-state index contributed by atoms with van der Waals surface area (Å²) in [6.07, 6.45) is 0. The molecule has 0 radical (unpaired) electrons. The molecule has 3 nitrogen and oxygen atoms in total. The van der Waals surface area contributed by atoms with Crippen LogP contribution in [0.5, 0.6) is 0 Å². The molecule has 0 N–H and O–H groups in total. The number of amides is 1. The van der Waals surface area contributed by atoms with Crippen LogP contribution in [0.1, 0.15) is 13.8 Å². The van der Waals surface area contributed by atoms with Gasteiger partial charge in [0.05, 0.1) is 5.69 Å². The molecule has 4 aromatic rings. The van der Waals surface area contributed by atoms with E-state index < -0.39 is 7.41 Å². The lowest BCUT2D eigenvalue weighted by molar-refractivity contribution is -0.129. The van der Waals surface area contributed by atoms with E-state index in [1.807, 2.05) is 24.8 Å². The first kappa shape index (κ1) is 23.7. The third-order valence-electron chi connectivity index (χ3n) is 6.21. The summed E-state index contributed by atoms with van der Waals surface area (Å²) in [5.74, 6) is 0.140. The van der Waals surface area contributed by atoms with Crippen molar-refractivity contribution in [2.45, 2.75) is 13.8 Å². The Morgan fingerprint density at radius 3 is 1.29 bits per heavy atom. The van der Waals surface area contributed by atoms with Crippen LogP contribution in [-0.4, -0.2) is 30.4 Å². The minimum atomic E-state index is -2.41. The molecule has 0 aromatic heterocycles. The number of nitrogens with zero attached hydrogens (tertiary/aromatic N) is 2. The Hall–Kier alpha value is -3.42. The highest BCUT2D eigenvalue weighted by Gasteiger charge is 2.52. The molecule has 172 valence electrons. The molecule has 4 aromatic carbocycles. The van der Waals surface area contributed by atoms with Crippen molar-refractivity contribution in [1.82, 2.24) is 4.90 Å². The Morgan fingerprint density at radius 2 is 0.941 bits per heavy atom. The lowest BCUT2D eigenvalue weighted by Crippen LogP contribution is -2.48. The van der Waals surface area contributed by atoms with E-state index in [0.29, 0.717) is 19.6 Å². The van der Waals surface area contributed by atoms with Crippen LogP contribution in [-0.2, 0) is 4.79 Å². The molecule has 4 rings (SSSR count). The van der Waals surface area contributed by atoms with Crippen molar-refractivity contribution in [2.75, 3.05) is 24.3 Å². The second-order valence-corrected chi connectivity index (χ2v) is 11.4. The predicted molar refractivity (Wildman–Crippen MR) is 147 cm³/mol. The van der Waals surface area contributed by atoms with Crippen LogP contribution in [0.4, 0.5) is 5.69 Å². The maximum absolute atomic E-state index is 13.6. The van der Waals surface area contributed by atoms with E-state index in [-0.39, 0.29) is 5.91 Å². The number of carbonyl (C=O) groups excluding carboxylic acids is 1. The van der Waals surface area contributed by atoms with Gasteiger partial charge in [0.25, 0.3) is 0 Å². The number of carbonyl (C=O) groups is 1. The van der Waals surface area contributed by atoms with Gasteiger partial charge in [0.1, 0.15) is 22.5 Å². The maximum atomic E-state index is 13.6. The number of likely N-dealkylation sites (N-methyl/N-ethyl adjacent to an activating group) is 1. The zero-order valence-electron chi connectivity index (χ0n) is 19.9. The topological polar surface area (TPSA) is 23.6 Å². The number of hydrogen-bond acceptors (Lipinski definition) is 2. The summed E-state index contributed by atoms with van der Waals surface area (Å²) in [5, 5.41) is 3.68. The Balaban J connectivity index is 2.06. The van der Waals surface area contributed by atoms with Crippen LogP contribution in [0.3, 0.4) is 0 Å². The van der Waals surface area contributed by atoms with Crippen molar-refractivity contribution >= 4 is 34.9 Å². The SMILES string of the molecule is CCN(CC)C(=O)CN(c1ccccc1)[P+](c1ccccc1)(c1ccccc1)c1ccccc1. The summed E-state index contributed by atoms with van der Waals surface area (Å²) in [7, 11) is -2.41. The van der Waals surface area contributed by atoms with E-state index in [4.69, 9.17) is 0 Å². The van der Waals surface area contributed by atoms with Gasteiger partial charge in [0.15, 0.2) is 0 Å². The first-order valence-electron chi connectivity index (χ1n) is 11.9. The van der Waals surface area contributed by atoms with Crippen molar-refractivity contribution in [2.24, 2.45) is 0 Å². The van der Waals surface area contributed by atoms with E-state index in [1.54, 1.807) is 0 Å². The highest BCUT2D eigenvalue weighted by Crippen LogP contribution is 2.60. The number of benzene rings is 4. The maximum Gasteiger partial charge on any atom is 0.245 e. The number of para-hydroxylation sites is 1. The van der Waals surface area contributed by atoms with E-state index >= 15 is 0 Å². The largest absolute Gasteiger partial charge is 0.342 e. The highest BCUT2D eigenvalue weighted by atomic mass is 31.2. The zero-order chi connectivity index (χ0) is 23.8. The molecule has 0 heterocycles. The average molecular weight is 468 g/mol. The van der Waals surface area contributed by atoms with Crippen molar-refractivity contribution in [3.8, 4) is 0 Å². The molecule has 1 amide bonds. The molecule has 0 saturated heterocycles. The molecule has 0 saturated carbocycles. The predicted octanol–water partition coefficient (Wildman–Crippen LogP) is 5.27. The van der Waals surface area contributed by atoms with Crippen LogP contribution in [0, 0.1) is 0 Å². The Bertz CT molecular complexity index is 1070. The van der Waals surface area contributed by atoms with Gasteiger partial charge in [-0.05, 0) is 62.4 Å². The molecule has 0 spiro atoms. The Kier molecular flexibility index (Phi) is 7.77. The number of anilines is 1. The van der Waals surface area contributed by atoms with E-state index in [2.05, 4.69) is 120 Å². The van der Waals surface area contributed by atoms with Crippen molar-refractivity contribution < 1.29 is 4.79 Å². The van der Waals surface area contributed by atoms with Crippen LogP contribution >= 0.6 is 7.41 Å². The molecule has 4 heteroatoms. The summed E-state index contributed by atoms with van der Waals surface area (Å²) in [4.78, 5) is 15.6. The normalized spacial score (nSPS) is 11.1. The summed E-state index contributed by atoms with van der Waals surface area (Å²) in [6, 6.07) is 42.5. The van der Waals surface area contributed by atoms with Gasteiger partial charge in [-0.1, -0.05) is 72.8 Å². The molecule has 0 unspecified atom stereocenters. The third kappa shape index (κ3) is 4.62. The van der Waals surface area contributed by atoms with E-state index in [9.17, 15) is 4.79 Å². The first-order chi connectivity index (χ1) is 16.7. The Morgan fingerprint density at radius 1 is 0.588 bits per heavy atom. The molecule has 0 atom stereocenters. The summed E-state index contributed by atoms with van der Waals surface area (Å²) in [6.45, 7) is 5.79. The number of hydrogen-bond donors (Lipinski definition) is 0. The van der Waals surface area contributed by atoms with Gasteiger partial charge in [-0.25, -0.2) is 4.67 Å². The molecule has 0 aliphatic carbocycles. The second kappa shape index (κ2) is 11.1. The lowest BCUT2D eigenvalue weighted by Gasteiger charge is -2.38. The molecule has 34 heavy (non-hydrogen) atoms. The van der Waals surface area contributed by atoms with E-state index in [0.717, 1.165) is 5.69 Å². The third-order valence-corrected chi connectivity index (χ3v) is 10.4. The van der Waals surface area contributed by atoms with Crippen molar-refractivity contribution in [3.63, 3.8) is 0 Å². The minimum absolute atomic E-state index is 0.140. The minimum Gasteiger partial charge on any atom is -0.342 e. The monoisotopic (exact) mass is 467 g/mol. The molecular formula is C30H32N2OP+. The first-order valence-corrected chi connectivity index (χ1v) is 13.6. The van der Waals surface area contributed by atoms with Gasteiger partial charge in [0, 0.05) is 13.1 Å². The molecule has 0 fully saturated rings. The fourth-order valence-electron chi connectivity index (χ4n) is 4.57. The second-order valence-electron chi connectivity index (χ2n) is 8.10. The van der Waals surface area contributed by atoms with E-state index in [1.165, 1.54) is 15.9 Å². The van der Waals surface area contributed by atoms with Gasteiger partial charge in [0.2, 0.25) is 13.3 Å².